The van der Waals surface area contributed by atoms with Crippen LogP contribution in [0.3, 0.4) is 0 Å². The monoisotopic (exact) mass is 365 g/mol. The number of nitrogens with two attached hydrogens (primary N) is 2. The number of hydrogen-bond donors (Lipinski definition) is 3. The van der Waals surface area contributed by atoms with Crippen molar-refractivity contribution in [2.45, 2.75) is 13.5 Å². The van der Waals surface area contributed by atoms with Gasteiger partial charge in [-0.1, -0.05) is 12.1 Å². The molecule has 1 aromatic carbocycles. The maximum atomic E-state index is 5.84. The number of nitrogens with one attached hydrogen (secondary N) is 1. The molecular weight excluding hydrogens is 346 g/mol. The quantitative estimate of drug-likeness (QED) is 0.218. The fourth-order valence-corrected chi connectivity index (χ4v) is 3.94. The highest BCUT2D eigenvalue weighted by Crippen LogP contribution is 2.33. The summed E-state index contributed by atoms with van der Waals surface area (Å²) in [5, 5.41) is 11.3. The van der Waals surface area contributed by atoms with Gasteiger partial charge in [0.05, 0.1) is 5.52 Å². The molecule has 0 atom stereocenters. The second kappa shape index (κ2) is 6.64. The van der Waals surface area contributed by atoms with Crippen LogP contribution in [0.4, 0.5) is 5.82 Å². The van der Waals surface area contributed by atoms with Gasteiger partial charge >= 0.3 is 0 Å². The van der Waals surface area contributed by atoms with Crippen LogP contribution in [0.25, 0.3) is 21.0 Å². The summed E-state index contributed by atoms with van der Waals surface area (Å²) in [5.41, 5.74) is 7.47. The Balaban J connectivity index is 1.70. The van der Waals surface area contributed by atoms with Crippen molar-refractivity contribution in [3.63, 3.8) is 0 Å². The Labute approximate surface area is 154 Å². The van der Waals surface area contributed by atoms with E-state index in [1.807, 2.05) is 37.5 Å². The molecule has 0 fully saturated rings. The number of aryl methyl sites for hydroxylation is 1. The Morgan fingerprint density at radius 2 is 2.19 bits per heavy atom. The second-order valence-electron chi connectivity index (χ2n) is 5.96. The molecule has 4 aromatic rings. The summed E-state index contributed by atoms with van der Waals surface area (Å²) < 4.78 is 3.31. The average molecular weight is 365 g/mol. The number of aromatic nitrogens is 3. The van der Waals surface area contributed by atoms with Crippen molar-refractivity contribution in [3.8, 4) is 0 Å². The van der Waals surface area contributed by atoms with Crippen molar-refractivity contribution < 1.29 is 0 Å². The van der Waals surface area contributed by atoms with Gasteiger partial charge in [0.25, 0.3) is 0 Å². The number of hydrazone groups is 1. The Bertz CT molecular complexity index is 1110. The molecule has 0 aliphatic rings. The summed E-state index contributed by atoms with van der Waals surface area (Å²) in [7, 11) is 0. The van der Waals surface area contributed by atoms with Crippen LogP contribution in [0, 0.1) is 6.92 Å². The van der Waals surface area contributed by atoms with E-state index >= 15 is 0 Å². The summed E-state index contributed by atoms with van der Waals surface area (Å²) in [6.45, 7) is 3.58. The lowest BCUT2D eigenvalue weighted by Gasteiger charge is -2.11. The van der Waals surface area contributed by atoms with Crippen molar-refractivity contribution in [1.82, 2.24) is 14.5 Å². The Hall–Kier alpha value is -3.13. The molecule has 132 valence electrons. The van der Waals surface area contributed by atoms with Crippen molar-refractivity contribution >= 4 is 44.0 Å². The molecule has 0 amide bonds. The van der Waals surface area contributed by atoms with E-state index in [9.17, 15) is 0 Å². The summed E-state index contributed by atoms with van der Waals surface area (Å²) >= 11 is 1.70. The molecule has 3 aromatic heterocycles. The number of rotatable bonds is 5. The summed E-state index contributed by atoms with van der Waals surface area (Å²) in [6.07, 6.45) is 3.79. The van der Waals surface area contributed by atoms with E-state index in [0.29, 0.717) is 5.84 Å². The maximum Gasteiger partial charge on any atom is 0.150 e. The van der Waals surface area contributed by atoms with Gasteiger partial charge in [0.1, 0.15) is 17.5 Å². The number of amidine groups is 1. The van der Waals surface area contributed by atoms with Gasteiger partial charge in [-0.05, 0) is 24.4 Å². The molecule has 0 radical (unpaired) electrons. The molecule has 0 aliphatic carbocycles. The molecule has 26 heavy (non-hydrogen) atoms. The molecule has 0 unspecified atom stereocenters. The highest BCUT2D eigenvalue weighted by atomic mass is 32.1. The molecule has 5 N–H and O–H groups in total. The topological polar surface area (TPSA) is 107 Å². The molecule has 0 saturated carbocycles. The Morgan fingerprint density at radius 1 is 1.31 bits per heavy atom. The van der Waals surface area contributed by atoms with Crippen LogP contribution in [0.2, 0.25) is 0 Å². The summed E-state index contributed by atoms with van der Waals surface area (Å²) in [6, 6.07) is 7.96. The number of fused-ring (bicyclic) bond motifs is 3. The first-order valence-electron chi connectivity index (χ1n) is 8.23. The van der Waals surface area contributed by atoms with E-state index < -0.39 is 0 Å². The van der Waals surface area contributed by atoms with Crippen LogP contribution in [0.5, 0.6) is 0 Å². The van der Waals surface area contributed by atoms with Crippen molar-refractivity contribution in [2.75, 3.05) is 11.9 Å². The predicted octanol–water partition coefficient (Wildman–Crippen LogP) is 2.65. The number of hydrogen-bond acceptors (Lipinski definition) is 6. The zero-order valence-electron chi connectivity index (χ0n) is 14.3. The fourth-order valence-electron chi connectivity index (χ4n) is 3.00. The van der Waals surface area contributed by atoms with Crippen LogP contribution in [-0.4, -0.2) is 26.9 Å². The van der Waals surface area contributed by atoms with Crippen LogP contribution >= 0.6 is 11.3 Å². The van der Waals surface area contributed by atoms with Gasteiger partial charge in [0, 0.05) is 46.5 Å². The smallest absolute Gasteiger partial charge is 0.150 e. The third-order valence-corrected chi connectivity index (χ3v) is 5.35. The summed E-state index contributed by atoms with van der Waals surface area (Å²) in [5.74, 6) is 7.47. The van der Waals surface area contributed by atoms with Gasteiger partial charge in [-0.2, -0.15) is 5.10 Å². The molecule has 7 nitrogen and oxygen atoms in total. The predicted molar refractivity (Wildman–Crippen MR) is 107 cm³/mol. The van der Waals surface area contributed by atoms with E-state index in [1.54, 1.807) is 11.3 Å². The molecule has 0 saturated heterocycles. The van der Waals surface area contributed by atoms with Gasteiger partial charge in [0.15, 0.2) is 0 Å². The highest BCUT2D eigenvalue weighted by molar-refractivity contribution is 7.18. The molecule has 4 rings (SSSR count). The Morgan fingerprint density at radius 3 is 2.96 bits per heavy atom. The molecule has 0 bridgehead atoms. The van der Waals surface area contributed by atoms with E-state index in [0.717, 1.165) is 46.6 Å². The normalized spacial score (nSPS) is 12.1. The molecule has 8 heteroatoms. The SMILES string of the molecule is Cc1nccn1CCNc1nc2cc(/C(N)=N/N)ccc2c2sccc12. The van der Waals surface area contributed by atoms with E-state index in [4.69, 9.17) is 16.6 Å². The highest BCUT2D eigenvalue weighted by Gasteiger charge is 2.11. The van der Waals surface area contributed by atoms with Crippen molar-refractivity contribution in [1.29, 1.82) is 0 Å². The number of anilines is 1. The van der Waals surface area contributed by atoms with E-state index in [1.165, 1.54) is 4.70 Å². The van der Waals surface area contributed by atoms with E-state index in [2.05, 4.69) is 31.4 Å². The standard InChI is InChI=1S/C18H19N7S/c1-11-21-5-7-25(11)8-6-22-18-14-4-9-26-16(14)13-3-2-12(17(19)24-20)10-15(13)23-18/h2-5,7,9-10H,6,8,20H2,1H3,(H2,19,24)(H,22,23). The van der Waals surface area contributed by atoms with Gasteiger partial charge in [0.2, 0.25) is 0 Å². The lowest BCUT2D eigenvalue weighted by Crippen LogP contribution is -2.15. The number of imidazole rings is 1. The van der Waals surface area contributed by atoms with Crippen molar-refractivity contribution in [3.05, 3.63) is 53.4 Å². The number of benzene rings is 1. The largest absolute Gasteiger partial charge is 0.382 e. The fraction of sp³-hybridized carbons (Fsp3) is 0.167. The second-order valence-corrected chi connectivity index (χ2v) is 6.88. The lowest BCUT2D eigenvalue weighted by molar-refractivity contribution is 0.700. The lowest BCUT2D eigenvalue weighted by atomic mass is 10.1. The first-order chi connectivity index (χ1) is 12.7. The number of thiophene rings is 1. The minimum absolute atomic E-state index is 0.296. The third kappa shape index (κ3) is 2.84. The average Bonchev–Trinajstić information content (AvgIpc) is 3.30. The van der Waals surface area contributed by atoms with Gasteiger partial charge in [-0.15, -0.1) is 11.3 Å². The number of nitrogens with zero attached hydrogens (tertiary/aromatic N) is 4. The summed E-state index contributed by atoms with van der Waals surface area (Å²) in [4.78, 5) is 9.06. The first-order valence-corrected chi connectivity index (χ1v) is 9.11. The van der Waals surface area contributed by atoms with Crippen molar-refractivity contribution in [2.24, 2.45) is 16.7 Å². The van der Waals surface area contributed by atoms with Gasteiger partial charge < -0.3 is 21.5 Å². The van der Waals surface area contributed by atoms with E-state index in [-0.39, 0.29) is 0 Å². The zero-order valence-corrected chi connectivity index (χ0v) is 15.1. The van der Waals surface area contributed by atoms with Crippen LogP contribution < -0.4 is 16.9 Å². The molecule has 3 heterocycles. The maximum absolute atomic E-state index is 5.84. The first kappa shape index (κ1) is 16.3. The minimum Gasteiger partial charge on any atom is -0.382 e. The van der Waals surface area contributed by atoms with Crippen LogP contribution in [-0.2, 0) is 6.54 Å². The molecule has 0 spiro atoms. The molecular formula is C18H19N7S. The third-order valence-electron chi connectivity index (χ3n) is 4.40. The number of pyridine rings is 1. The minimum atomic E-state index is 0.296. The zero-order chi connectivity index (χ0) is 18.1. The van der Waals surface area contributed by atoms with Crippen LogP contribution in [0.1, 0.15) is 11.4 Å². The van der Waals surface area contributed by atoms with Gasteiger partial charge in [-0.25, -0.2) is 9.97 Å². The Kier molecular flexibility index (Phi) is 4.18. The van der Waals surface area contributed by atoms with Gasteiger partial charge in [-0.3, -0.25) is 0 Å². The molecule has 0 aliphatic heterocycles. The van der Waals surface area contributed by atoms with Crippen LogP contribution in [0.15, 0.2) is 47.1 Å².